The number of nitrogens with one attached hydrogen (secondary N) is 1. The Morgan fingerprint density at radius 3 is 2.59 bits per heavy atom. The van der Waals surface area contributed by atoms with Gasteiger partial charge in [0, 0.05) is 9.50 Å². The zero-order valence-electron chi connectivity index (χ0n) is 9.08. The first-order chi connectivity index (χ1) is 8.24. The number of hydrogen-bond donors (Lipinski definition) is 1. The van der Waals surface area contributed by atoms with Crippen molar-refractivity contribution < 1.29 is 0 Å². The predicted molar refractivity (Wildman–Crippen MR) is 75.7 cm³/mol. The third kappa shape index (κ3) is 2.07. The highest BCUT2D eigenvalue weighted by atomic mass is 79.9. The SMILES string of the molecule is Clc1ccc(C2Cc3cccc(Br)c3N2)cc1. The van der Waals surface area contributed by atoms with Gasteiger partial charge in [-0.05, 0) is 51.7 Å². The minimum Gasteiger partial charge on any atom is -0.377 e. The van der Waals surface area contributed by atoms with Crippen molar-refractivity contribution in [3.05, 3.63) is 63.1 Å². The molecule has 1 aliphatic heterocycles. The van der Waals surface area contributed by atoms with Gasteiger partial charge in [-0.3, -0.25) is 0 Å². The highest BCUT2D eigenvalue weighted by Gasteiger charge is 2.23. The molecule has 1 N–H and O–H groups in total. The third-order valence-electron chi connectivity index (χ3n) is 3.11. The van der Waals surface area contributed by atoms with E-state index in [0.29, 0.717) is 6.04 Å². The Kier molecular flexibility index (Phi) is 2.85. The first-order valence-corrected chi connectivity index (χ1v) is 6.70. The molecular formula is C14H11BrClN. The third-order valence-corrected chi connectivity index (χ3v) is 4.03. The highest BCUT2D eigenvalue weighted by molar-refractivity contribution is 9.10. The summed E-state index contributed by atoms with van der Waals surface area (Å²) in [4.78, 5) is 0. The standard InChI is InChI=1S/C14H11BrClN/c15-12-3-1-2-10-8-13(17-14(10)12)9-4-6-11(16)7-5-9/h1-7,13,17H,8H2. The molecule has 0 fully saturated rings. The van der Waals surface area contributed by atoms with Crippen LogP contribution in [0.1, 0.15) is 17.2 Å². The predicted octanol–water partition coefficient (Wildman–Crippen LogP) is 4.81. The average Bonchev–Trinajstić information content (AvgIpc) is 2.75. The van der Waals surface area contributed by atoms with Crippen molar-refractivity contribution in [3.8, 4) is 0 Å². The van der Waals surface area contributed by atoms with Crippen LogP contribution in [0.25, 0.3) is 0 Å². The second kappa shape index (κ2) is 4.35. The normalized spacial score (nSPS) is 17.6. The van der Waals surface area contributed by atoms with E-state index >= 15 is 0 Å². The fraction of sp³-hybridized carbons (Fsp3) is 0.143. The molecule has 0 bridgehead atoms. The molecule has 86 valence electrons. The van der Waals surface area contributed by atoms with Crippen LogP contribution in [0.3, 0.4) is 0 Å². The lowest BCUT2D eigenvalue weighted by Crippen LogP contribution is -2.05. The van der Waals surface area contributed by atoms with Crippen LogP contribution in [0, 0.1) is 0 Å². The van der Waals surface area contributed by atoms with Crippen molar-refractivity contribution in [2.24, 2.45) is 0 Å². The summed E-state index contributed by atoms with van der Waals surface area (Å²) in [6.07, 6.45) is 1.02. The number of hydrogen-bond acceptors (Lipinski definition) is 1. The topological polar surface area (TPSA) is 12.0 Å². The van der Waals surface area contributed by atoms with Gasteiger partial charge in [0.2, 0.25) is 0 Å². The molecule has 0 saturated carbocycles. The molecule has 0 amide bonds. The van der Waals surface area contributed by atoms with E-state index in [1.165, 1.54) is 16.8 Å². The maximum Gasteiger partial charge on any atom is 0.0555 e. The van der Waals surface area contributed by atoms with Gasteiger partial charge in [0.05, 0.1) is 11.7 Å². The monoisotopic (exact) mass is 307 g/mol. The van der Waals surface area contributed by atoms with Gasteiger partial charge in [-0.25, -0.2) is 0 Å². The largest absolute Gasteiger partial charge is 0.377 e. The van der Waals surface area contributed by atoms with Gasteiger partial charge in [-0.15, -0.1) is 0 Å². The number of halogens is 2. The van der Waals surface area contributed by atoms with Crippen molar-refractivity contribution >= 4 is 33.2 Å². The van der Waals surface area contributed by atoms with E-state index in [1.54, 1.807) is 0 Å². The highest BCUT2D eigenvalue weighted by Crippen LogP contribution is 2.38. The van der Waals surface area contributed by atoms with Gasteiger partial charge < -0.3 is 5.32 Å². The second-order valence-corrected chi connectivity index (χ2v) is 5.52. The van der Waals surface area contributed by atoms with Crippen LogP contribution >= 0.6 is 27.5 Å². The summed E-state index contributed by atoms with van der Waals surface area (Å²) in [5.41, 5.74) is 3.85. The molecule has 1 nitrogen and oxygen atoms in total. The Labute approximate surface area is 114 Å². The molecule has 1 heterocycles. The van der Waals surface area contributed by atoms with Crippen LogP contribution in [0.4, 0.5) is 5.69 Å². The van der Waals surface area contributed by atoms with E-state index < -0.39 is 0 Å². The van der Waals surface area contributed by atoms with E-state index in [1.807, 2.05) is 12.1 Å². The summed E-state index contributed by atoms with van der Waals surface area (Å²) in [5, 5.41) is 4.33. The van der Waals surface area contributed by atoms with Gasteiger partial charge >= 0.3 is 0 Å². The summed E-state index contributed by atoms with van der Waals surface area (Å²) in [6.45, 7) is 0. The molecule has 1 aliphatic rings. The Morgan fingerprint density at radius 2 is 1.88 bits per heavy atom. The quantitative estimate of drug-likeness (QED) is 0.797. The molecular weight excluding hydrogens is 298 g/mol. The van der Waals surface area contributed by atoms with Crippen LogP contribution in [0.2, 0.25) is 5.02 Å². The average molecular weight is 309 g/mol. The zero-order chi connectivity index (χ0) is 11.8. The van der Waals surface area contributed by atoms with Crippen LogP contribution < -0.4 is 5.32 Å². The summed E-state index contributed by atoms with van der Waals surface area (Å²) in [6, 6.07) is 14.7. The van der Waals surface area contributed by atoms with E-state index in [2.05, 4.69) is 51.6 Å². The number of fused-ring (bicyclic) bond motifs is 1. The Hall–Kier alpha value is -0.990. The molecule has 17 heavy (non-hydrogen) atoms. The first kappa shape index (κ1) is 11.1. The molecule has 3 rings (SSSR count). The molecule has 2 aromatic rings. The first-order valence-electron chi connectivity index (χ1n) is 5.53. The number of anilines is 1. The van der Waals surface area contributed by atoms with Crippen LogP contribution in [0.15, 0.2) is 46.9 Å². The lowest BCUT2D eigenvalue weighted by atomic mass is 10.0. The molecule has 2 aromatic carbocycles. The maximum atomic E-state index is 5.90. The van der Waals surface area contributed by atoms with E-state index in [9.17, 15) is 0 Å². The molecule has 1 atom stereocenters. The number of benzene rings is 2. The molecule has 3 heteroatoms. The zero-order valence-corrected chi connectivity index (χ0v) is 11.4. The van der Waals surface area contributed by atoms with Gasteiger partial charge in [0.25, 0.3) is 0 Å². The lowest BCUT2D eigenvalue weighted by Gasteiger charge is -2.12. The molecule has 0 aromatic heterocycles. The number of rotatable bonds is 1. The van der Waals surface area contributed by atoms with Crippen LogP contribution in [-0.4, -0.2) is 0 Å². The Morgan fingerprint density at radius 1 is 1.12 bits per heavy atom. The lowest BCUT2D eigenvalue weighted by molar-refractivity contribution is 0.824. The summed E-state index contributed by atoms with van der Waals surface area (Å²) >= 11 is 9.48. The van der Waals surface area contributed by atoms with Crippen molar-refractivity contribution in [2.45, 2.75) is 12.5 Å². The van der Waals surface area contributed by atoms with E-state index in [4.69, 9.17) is 11.6 Å². The Bertz CT molecular complexity index is 551. The fourth-order valence-electron chi connectivity index (χ4n) is 2.24. The summed E-state index contributed by atoms with van der Waals surface area (Å²) in [5.74, 6) is 0. The molecule has 0 spiro atoms. The second-order valence-electron chi connectivity index (χ2n) is 4.23. The maximum absolute atomic E-state index is 5.90. The van der Waals surface area contributed by atoms with E-state index in [0.717, 1.165) is 15.9 Å². The van der Waals surface area contributed by atoms with Crippen LogP contribution in [-0.2, 0) is 6.42 Å². The van der Waals surface area contributed by atoms with Crippen molar-refractivity contribution in [1.29, 1.82) is 0 Å². The minimum atomic E-state index is 0.348. The molecule has 0 radical (unpaired) electrons. The molecule has 0 aliphatic carbocycles. The smallest absolute Gasteiger partial charge is 0.0555 e. The fourth-order valence-corrected chi connectivity index (χ4v) is 2.89. The molecule has 1 unspecified atom stereocenters. The minimum absolute atomic E-state index is 0.348. The van der Waals surface area contributed by atoms with Crippen molar-refractivity contribution in [1.82, 2.24) is 0 Å². The van der Waals surface area contributed by atoms with Crippen molar-refractivity contribution in [3.63, 3.8) is 0 Å². The summed E-state index contributed by atoms with van der Waals surface area (Å²) < 4.78 is 1.13. The van der Waals surface area contributed by atoms with Crippen LogP contribution in [0.5, 0.6) is 0 Å². The molecule has 0 saturated heterocycles. The van der Waals surface area contributed by atoms with E-state index in [-0.39, 0.29) is 0 Å². The van der Waals surface area contributed by atoms with Gasteiger partial charge in [0.1, 0.15) is 0 Å². The van der Waals surface area contributed by atoms with Gasteiger partial charge in [-0.1, -0.05) is 35.9 Å². The van der Waals surface area contributed by atoms with Gasteiger partial charge in [-0.2, -0.15) is 0 Å². The summed E-state index contributed by atoms with van der Waals surface area (Å²) in [7, 11) is 0. The van der Waals surface area contributed by atoms with Crippen molar-refractivity contribution in [2.75, 3.05) is 5.32 Å². The van der Waals surface area contributed by atoms with Gasteiger partial charge in [0.15, 0.2) is 0 Å². The Balaban J connectivity index is 1.91. The number of para-hydroxylation sites is 1.